The maximum Gasteiger partial charge on any atom is 0.261 e. The zero-order valence-corrected chi connectivity index (χ0v) is 17.4. The van der Waals surface area contributed by atoms with E-state index in [1.165, 1.54) is 5.56 Å². The summed E-state index contributed by atoms with van der Waals surface area (Å²) in [5, 5.41) is 12.1. The number of carbonyl (C=O) groups excluding carboxylic acids is 1. The van der Waals surface area contributed by atoms with E-state index >= 15 is 0 Å². The molecule has 2 aromatic rings. The highest BCUT2D eigenvalue weighted by atomic mass is 79.9. The number of halogens is 2. The Bertz CT molecular complexity index is 820. The number of benzene rings is 2. The molecular weight excluding hydrogens is 460 g/mol. The van der Waals surface area contributed by atoms with Crippen LogP contribution < -0.4 is 10.1 Å². The molecule has 0 spiro atoms. The van der Waals surface area contributed by atoms with Crippen LogP contribution in [0, 0.1) is 11.3 Å². The molecule has 4 nitrogen and oxygen atoms in total. The van der Waals surface area contributed by atoms with Crippen molar-refractivity contribution in [3.8, 4) is 11.8 Å². The molecule has 0 saturated heterocycles. The number of rotatable bonds is 7. The number of nitrogens with one attached hydrogen (secondary N) is 1. The lowest BCUT2D eigenvalue weighted by atomic mass is 10.1. The van der Waals surface area contributed by atoms with Crippen LogP contribution in [0.25, 0.3) is 6.08 Å². The van der Waals surface area contributed by atoms with Crippen molar-refractivity contribution in [2.45, 2.75) is 12.8 Å². The molecule has 0 fully saturated rings. The molecule has 0 aliphatic heterocycles. The molecule has 0 aromatic heterocycles. The lowest BCUT2D eigenvalue weighted by Gasteiger charge is -2.08. The summed E-state index contributed by atoms with van der Waals surface area (Å²) in [5.41, 5.74) is 2.01. The molecule has 0 heterocycles. The zero-order chi connectivity index (χ0) is 18.9. The van der Waals surface area contributed by atoms with Gasteiger partial charge < -0.3 is 10.1 Å². The van der Waals surface area contributed by atoms with Crippen LogP contribution in [-0.4, -0.2) is 19.6 Å². The van der Waals surface area contributed by atoms with Crippen molar-refractivity contribution in [2.75, 3.05) is 13.7 Å². The highest BCUT2D eigenvalue weighted by Crippen LogP contribution is 2.34. The smallest absolute Gasteiger partial charge is 0.261 e. The Morgan fingerprint density at radius 1 is 1.23 bits per heavy atom. The monoisotopic (exact) mass is 476 g/mol. The highest BCUT2D eigenvalue weighted by molar-refractivity contribution is 9.11. The van der Waals surface area contributed by atoms with Crippen molar-refractivity contribution in [1.82, 2.24) is 5.32 Å². The molecular formula is C20H18Br2N2O2. The SMILES string of the molecule is COc1c(Br)cc(/C=C(/C#N)C(=O)NCCCc2ccccc2)cc1Br. The van der Waals surface area contributed by atoms with Gasteiger partial charge >= 0.3 is 0 Å². The molecule has 0 saturated carbocycles. The maximum absolute atomic E-state index is 12.2. The van der Waals surface area contributed by atoms with E-state index < -0.39 is 0 Å². The van der Waals surface area contributed by atoms with Gasteiger partial charge in [-0.1, -0.05) is 30.3 Å². The minimum absolute atomic E-state index is 0.0636. The Hall–Kier alpha value is -2.10. The second kappa shape index (κ2) is 10.1. The zero-order valence-electron chi connectivity index (χ0n) is 14.3. The first-order valence-electron chi connectivity index (χ1n) is 8.02. The van der Waals surface area contributed by atoms with Crippen molar-refractivity contribution in [1.29, 1.82) is 5.26 Å². The summed E-state index contributed by atoms with van der Waals surface area (Å²) < 4.78 is 6.73. The van der Waals surface area contributed by atoms with Crippen molar-refractivity contribution >= 4 is 43.8 Å². The summed E-state index contributed by atoms with van der Waals surface area (Å²) in [4.78, 5) is 12.2. The lowest BCUT2D eigenvalue weighted by Crippen LogP contribution is -2.25. The fraction of sp³-hybridized carbons (Fsp3) is 0.200. The summed E-state index contributed by atoms with van der Waals surface area (Å²) in [6.07, 6.45) is 3.25. The molecule has 0 radical (unpaired) electrons. The van der Waals surface area contributed by atoms with Gasteiger partial charge in [0.2, 0.25) is 0 Å². The van der Waals surface area contributed by atoms with Crippen molar-refractivity contribution < 1.29 is 9.53 Å². The van der Waals surface area contributed by atoms with E-state index in [1.54, 1.807) is 25.3 Å². The summed E-state index contributed by atoms with van der Waals surface area (Å²) in [6, 6.07) is 15.6. The Morgan fingerprint density at radius 2 is 1.88 bits per heavy atom. The maximum atomic E-state index is 12.2. The van der Waals surface area contributed by atoms with E-state index in [9.17, 15) is 10.1 Å². The van der Waals surface area contributed by atoms with Crippen LogP contribution in [0.1, 0.15) is 17.5 Å². The van der Waals surface area contributed by atoms with E-state index in [0.29, 0.717) is 12.3 Å². The molecule has 2 rings (SSSR count). The first kappa shape index (κ1) is 20.2. The van der Waals surface area contributed by atoms with E-state index in [4.69, 9.17) is 4.74 Å². The van der Waals surface area contributed by atoms with Crippen LogP contribution in [-0.2, 0) is 11.2 Å². The molecule has 0 bridgehead atoms. The van der Waals surface area contributed by atoms with Gasteiger partial charge in [-0.2, -0.15) is 5.26 Å². The van der Waals surface area contributed by atoms with Crippen LogP contribution in [0.15, 0.2) is 57.0 Å². The largest absolute Gasteiger partial charge is 0.494 e. The average Bonchev–Trinajstić information content (AvgIpc) is 2.63. The second-order valence-corrected chi connectivity index (χ2v) is 7.24. The Labute approximate surface area is 170 Å². The van der Waals surface area contributed by atoms with Gasteiger partial charge in [0.15, 0.2) is 0 Å². The summed E-state index contributed by atoms with van der Waals surface area (Å²) >= 11 is 6.83. The highest BCUT2D eigenvalue weighted by Gasteiger charge is 2.11. The van der Waals surface area contributed by atoms with E-state index in [-0.39, 0.29) is 11.5 Å². The summed E-state index contributed by atoms with van der Waals surface area (Å²) in [7, 11) is 1.57. The van der Waals surface area contributed by atoms with Gasteiger partial charge in [-0.05, 0) is 74.0 Å². The lowest BCUT2D eigenvalue weighted by molar-refractivity contribution is -0.117. The van der Waals surface area contributed by atoms with Crippen molar-refractivity contribution in [3.63, 3.8) is 0 Å². The molecule has 1 N–H and O–H groups in total. The van der Waals surface area contributed by atoms with Crippen molar-refractivity contribution in [2.24, 2.45) is 0 Å². The summed E-state index contributed by atoms with van der Waals surface area (Å²) in [6.45, 7) is 0.517. The average molecular weight is 478 g/mol. The molecule has 26 heavy (non-hydrogen) atoms. The third-order valence-corrected chi connectivity index (χ3v) is 4.85. The first-order chi connectivity index (χ1) is 12.5. The van der Waals surface area contributed by atoms with Gasteiger partial charge in [0.05, 0.1) is 16.1 Å². The Kier molecular flexibility index (Phi) is 7.89. The van der Waals surface area contributed by atoms with Crippen LogP contribution in [0.5, 0.6) is 5.75 Å². The predicted molar refractivity (Wildman–Crippen MR) is 110 cm³/mol. The fourth-order valence-corrected chi connectivity index (χ4v) is 3.95. The van der Waals surface area contributed by atoms with E-state index in [2.05, 4.69) is 49.3 Å². The van der Waals surface area contributed by atoms with E-state index in [1.807, 2.05) is 24.3 Å². The normalized spacial score (nSPS) is 10.9. The van der Waals surface area contributed by atoms with Gasteiger partial charge in [-0.25, -0.2) is 0 Å². The minimum atomic E-state index is -0.372. The topological polar surface area (TPSA) is 62.1 Å². The summed E-state index contributed by atoms with van der Waals surface area (Å²) in [5.74, 6) is 0.287. The fourth-order valence-electron chi connectivity index (χ4n) is 2.41. The molecule has 2 aromatic carbocycles. The number of aryl methyl sites for hydroxylation is 1. The third kappa shape index (κ3) is 5.72. The van der Waals surface area contributed by atoms with Gasteiger partial charge in [0, 0.05) is 6.54 Å². The van der Waals surface area contributed by atoms with Gasteiger partial charge in [0.1, 0.15) is 17.4 Å². The number of hydrogen-bond donors (Lipinski definition) is 1. The van der Waals surface area contributed by atoms with Crippen LogP contribution in [0.2, 0.25) is 0 Å². The molecule has 0 unspecified atom stereocenters. The molecule has 0 aliphatic rings. The molecule has 0 aliphatic carbocycles. The third-order valence-electron chi connectivity index (χ3n) is 3.67. The molecule has 0 atom stereocenters. The molecule has 6 heteroatoms. The first-order valence-corrected chi connectivity index (χ1v) is 9.60. The molecule has 134 valence electrons. The number of nitriles is 1. The Morgan fingerprint density at radius 3 is 2.46 bits per heavy atom. The number of hydrogen-bond acceptors (Lipinski definition) is 3. The standard InChI is InChI=1S/C20H18Br2N2O2/c1-26-19-17(21)11-15(12-18(19)22)10-16(13-23)20(25)24-9-5-8-14-6-3-2-4-7-14/h2-4,6-7,10-12H,5,8-9H2,1H3,(H,24,25)/b16-10-. The van der Waals surface area contributed by atoms with Crippen LogP contribution in [0.4, 0.5) is 0 Å². The van der Waals surface area contributed by atoms with E-state index in [0.717, 1.165) is 27.4 Å². The van der Waals surface area contributed by atoms with Gasteiger partial charge in [0.25, 0.3) is 5.91 Å². The second-order valence-electron chi connectivity index (χ2n) is 5.53. The number of nitrogens with zero attached hydrogens (tertiary/aromatic N) is 1. The minimum Gasteiger partial charge on any atom is -0.494 e. The Balaban J connectivity index is 1.98. The number of carbonyl (C=O) groups is 1. The van der Waals surface area contributed by atoms with Crippen molar-refractivity contribution in [3.05, 3.63) is 68.1 Å². The van der Waals surface area contributed by atoms with Crippen LogP contribution in [0.3, 0.4) is 0 Å². The molecule has 1 amide bonds. The quantitative estimate of drug-likeness (QED) is 0.351. The van der Waals surface area contributed by atoms with Crippen LogP contribution >= 0.6 is 31.9 Å². The number of methoxy groups -OCH3 is 1. The number of amides is 1. The van der Waals surface area contributed by atoms with Gasteiger partial charge in [-0.15, -0.1) is 0 Å². The number of ether oxygens (including phenoxy) is 1. The predicted octanol–water partition coefficient (Wildman–Crippen LogP) is 4.88. The van der Waals surface area contributed by atoms with Gasteiger partial charge in [-0.3, -0.25) is 4.79 Å².